The van der Waals surface area contributed by atoms with Gasteiger partial charge in [-0.15, -0.1) is 0 Å². The molecule has 0 rings (SSSR count). The Labute approximate surface area is 56.6 Å². The summed E-state index contributed by atoms with van der Waals surface area (Å²) in [7, 11) is 1.56. The summed E-state index contributed by atoms with van der Waals surface area (Å²) in [5.74, 6) is -0.125. The zero-order chi connectivity index (χ0) is 7.86. The Bertz CT molecular complexity index is 71.5. The van der Waals surface area contributed by atoms with E-state index in [4.69, 9.17) is 5.73 Å². The molecule has 0 saturated carbocycles. The molecule has 0 aliphatic heterocycles. The van der Waals surface area contributed by atoms with E-state index in [1.807, 2.05) is 13.8 Å². The summed E-state index contributed by atoms with van der Waals surface area (Å²) in [6, 6.07) is -0.384. The summed E-state index contributed by atoms with van der Waals surface area (Å²) in [6.45, 7) is 5.64. The molecule has 1 amide bonds. The van der Waals surface area contributed by atoms with Gasteiger partial charge in [-0.1, -0.05) is 13.8 Å². The summed E-state index contributed by atoms with van der Waals surface area (Å²) < 4.78 is 0. The molecule has 0 saturated heterocycles. The van der Waals surface area contributed by atoms with Gasteiger partial charge in [-0.25, -0.2) is 0 Å². The average molecular weight is 132 g/mol. The van der Waals surface area contributed by atoms with Gasteiger partial charge in [0.05, 0.1) is 6.04 Å². The minimum absolute atomic E-state index is 0.125. The van der Waals surface area contributed by atoms with Crippen LogP contribution in [0.2, 0.25) is 0 Å². The highest BCUT2D eigenvalue weighted by Gasteiger charge is 2.00. The summed E-state index contributed by atoms with van der Waals surface area (Å²) in [4.78, 5) is 10.3. The van der Waals surface area contributed by atoms with Gasteiger partial charge in [-0.05, 0) is 6.92 Å². The Kier molecular flexibility index (Phi) is 9.29. The van der Waals surface area contributed by atoms with Crippen LogP contribution in [0, 0.1) is 0 Å². The number of carbonyl (C=O) groups is 1. The van der Waals surface area contributed by atoms with Crippen molar-refractivity contribution in [3.8, 4) is 0 Å². The van der Waals surface area contributed by atoms with Crippen LogP contribution < -0.4 is 11.1 Å². The summed E-state index contributed by atoms with van der Waals surface area (Å²) >= 11 is 0. The lowest BCUT2D eigenvalue weighted by molar-refractivity contribution is -0.121. The quantitative estimate of drug-likeness (QED) is 0.532. The minimum atomic E-state index is -0.384. The summed E-state index contributed by atoms with van der Waals surface area (Å²) in [5.41, 5.74) is 5.13. The monoisotopic (exact) mass is 132 g/mol. The van der Waals surface area contributed by atoms with Gasteiger partial charge in [0.25, 0.3) is 0 Å². The maximum absolute atomic E-state index is 10.3. The fourth-order valence-electron chi connectivity index (χ4n) is 0.228. The van der Waals surface area contributed by atoms with Crippen LogP contribution in [0.3, 0.4) is 0 Å². The number of hydrogen-bond acceptors (Lipinski definition) is 2. The van der Waals surface area contributed by atoms with Crippen LogP contribution in [0.5, 0.6) is 0 Å². The summed E-state index contributed by atoms with van der Waals surface area (Å²) in [6.07, 6.45) is 0. The number of carbonyl (C=O) groups excluding carboxylic acids is 1. The molecule has 0 fully saturated rings. The molecule has 0 heterocycles. The van der Waals surface area contributed by atoms with Crippen molar-refractivity contribution in [1.29, 1.82) is 0 Å². The molecule has 3 nitrogen and oxygen atoms in total. The molecule has 1 atom stereocenters. The number of likely N-dealkylation sites (N-methyl/N-ethyl adjacent to an activating group) is 1. The van der Waals surface area contributed by atoms with Gasteiger partial charge < -0.3 is 11.1 Å². The number of rotatable bonds is 1. The van der Waals surface area contributed by atoms with Gasteiger partial charge in [0, 0.05) is 7.05 Å². The van der Waals surface area contributed by atoms with E-state index in [1.165, 1.54) is 0 Å². The van der Waals surface area contributed by atoms with E-state index in [0.717, 1.165) is 0 Å². The smallest absolute Gasteiger partial charge is 0.236 e. The van der Waals surface area contributed by atoms with Crippen LogP contribution in [0.25, 0.3) is 0 Å². The number of nitrogens with one attached hydrogen (secondary N) is 1. The third-order valence-electron chi connectivity index (χ3n) is 0.660. The van der Waals surface area contributed by atoms with Gasteiger partial charge in [-0.2, -0.15) is 0 Å². The second-order valence-electron chi connectivity index (χ2n) is 1.40. The Morgan fingerprint density at radius 2 is 1.89 bits per heavy atom. The highest BCUT2D eigenvalue weighted by Crippen LogP contribution is 1.69. The first-order valence-electron chi connectivity index (χ1n) is 3.15. The highest BCUT2D eigenvalue weighted by atomic mass is 16.2. The predicted molar refractivity (Wildman–Crippen MR) is 39.1 cm³/mol. The van der Waals surface area contributed by atoms with Crippen molar-refractivity contribution >= 4 is 5.91 Å². The van der Waals surface area contributed by atoms with E-state index < -0.39 is 0 Å². The molecule has 0 aromatic heterocycles. The zero-order valence-corrected chi connectivity index (χ0v) is 6.56. The van der Waals surface area contributed by atoms with Crippen LogP contribution in [-0.4, -0.2) is 19.0 Å². The largest absolute Gasteiger partial charge is 0.358 e. The van der Waals surface area contributed by atoms with Crippen LogP contribution in [0.1, 0.15) is 20.8 Å². The second kappa shape index (κ2) is 7.43. The standard InChI is InChI=1S/C4H10N2O.C2H6/c1-3(5)4(7)6-2;1-2/h3H,5H2,1-2H3,(H,6,7);1-2H3. The van der Waals surface area contributed by atoms with Gasteiger partial charge in [0.15, 0.2) is 0 Å². The molecule has 3 heteroatoms. The molecule has 1 unspecified atom stereocenters. The number of nitrogens with two attached hydrogens (primary N) is 1. The van der Waals surface area contributed by atoms with E-state index in [9.17, 15) is 4.79 Å². The maximum atomic E-state index is 10.3. The van der Waals surface area contributed by atoms with Crippen LogP contribution in [0.15, 0.2) is 0 Å². The Morgan fingerprint density at radius 3 is 1.89 bits per heavy atom. The molecule has 0 aromatic carbocycles. The lowest BCUT2D eigenvalue weighted by Gasteiger charge is -1.99. The third kappa shape index (κ3) is 7.43. The van der Waals surface area contributed by atoms with Gasteiger partial charge in [0.1, 0.15) is 0 Å². The van der Waals surface area contributed by atoms with Crippen LogP contribution in [-0.2, 0) is 4.79 Å². The molecule has 0 aliphatic rings. The number of hydrogen-bond donors (Lipinski definition) is 2. The van der Waals surface area contributed by atoms with Crippen molar-refractivity contribution in [1.82, 2.24) is 5.32 Å². The van der Waals surface area contributed by atoms with Gasteiger partial charge in [0.2, 0.25) is 5.91 Å². The Balaban J connectivity index is 0. The predicted octanol–water partition coefficient (Wildman–Crippen LogP) is 0.106. The lowest BCUT2D eigenvalue weighted by atomic mass is 10.3. The molecule has 0 aromatic rings. The molecule has 0 radical (unpaired) electrons. The first-order chi connectivity index (χ1) is 4.18. The molecule has 0 aliphatic carbocycles. The van der Waals surface area contributed by atoms with E-state index in [0.29, 0.717) is 0 Å². The fraction of sp³-hybridized carbons (Fsp3) is 0.833. The van der Waals surface area contributed by atoms with Crippen LogP contribution in [0.4, 0.5) is 0 Å². The third-order valence-corrected chi connectivity index (χ3v) is 0.660. The molecular formula is C6H16N2O. The minimum Gasteiger partial charge on any atom is -0.358 e. The van der Waals surface area contributed by atoms with Crippen molar-refractivity contribution in [2.75, 3.05) is 7.05 Å². The van der Waals surface area contributed by atoms with Crippen molar-refractivity contribution in [2.24, 2.45) is 5.73 Å². The first-order valence-corrected chi connectivity index (χ1v) is 3.15. The van der Waals surface area contributed by atoms with Gasteiger partial charge in [-0.3, -0.25) is 4.79 Å². The zero-order valence-electron chi connectivity index (χ0n) is 6.56. The highest BCUT2D eigenvalue weighted by molar-refractivity contribution is 5.80. The van der Waals surface area contributed by atoms with Gasteiger partial charge >= 0.3 is 0 Å². The number of amides is 1. The van der Waals surface area contributed by atoms with E-state index in [-0.39, 0.29) is 11.9 Å². The molecule has 56 valence electrons. The normalized spacial score (nSPS) is 10.8. The molecule has 0 spiro atoms. The van der Waals surface area contributed by atoms with E-state index >= 15 is 0 Å². The Morgan fingerprint density at radius 1 is 1.56 bits per heavy atom. The first kappa shape index (κ1) is 11.3. The van der Waals surface area contributed by atoms with E-state index in [1.54, 1.807) is 14.0 Å². The Hall–Kier alpha value is -0.570. The lowest BCUT2D eigenvalue weighted by Crippen LogP contribution is -2.35. The van der Waals surface area contributed by atoms with Crippen molar-refractivity contribution in [2.45, 2.75) is 26.8 Å². The van der Waals surface area contributed by atoms with Crippen LogP contribution >= 0.6 is 0 Å². The van der Waals surface area contributed by atoms with Crippen molar-refractivity contribution in [3.63, 3.8) is 0 Å². The molecule has 0 bridgehead atoms. The average Bonchev–Trinajstić information content (AvgIpc) is 1.91. The molecule has 3 N–H and O–H groups in total. The van der Waals surface area contributed by atoms with E-state index in [2.05, 4.69) is 5.32 Å². The second-order valence-corrected chi connectivity index (χ2v) is 1.40. The SMILES string of the molecule is CC.CNC(=O)C(C)N. The molecule has 9 heavy (non-hydrogen) atoms. The topological polar surface area (TPSA) is 55.1 Å². The maximum Gasteiger partial charge on any atom is 0.236 e. The summed E-state index contributed by atoms with van der Waals surface area (Å²) in [5, 5.41) is 2.40. The molecular weight excluding hydrogens is 116 g/mol. The van der Waals surface area contributed by atoms with Crippen molar-refractivity contribution < 1.29 is 4.79 Å². The fourth-order valence-corrected chi connectivity index (χ4v) is 0.228. The van der Waals surface area contributed by atoms with Crippen molar-refractivity contribution in [3.05, 3.63) is 0 Å².